The zero-order chi connectivity index (χ0) is 25.2. The molecule has 8 nitrogen and oxygen atoms in total. The Morgan fingerprint density at radius 3 is 2.47 bits per heavy atom. The van der Waals surface area contributed by atoms with E-state index in [2.05, 4.69) is 19.2 Å². The summed E-state index contributed by atoms with van der Waals surface area (Å²) in [6.07, 6.45) is 2.16. The number of amides is 1. The lowest BCUT2D eigenvalue weighted by molar-refractivity contribution is -0.123. The first-order chi connectivity index (χ1) is 15.8. The number of benzene rings is 1. The molecule has 10 heteroatoms. The van der Waals surface area contributed by atoms with Crippen LogP contribution in [0.1, 0.15) is 52.2 Å². The molecule has 2 aliphatic heterocycles. The molecule has 4 rings (SSSR count). The lowest BCUT2D eigenvalue weighted by Crippen LogP contribution is -2.45. The average molecular weight is 492 g/mol. The van der Waals surface area contributed by atoms with Crippen molar-refractivity contribution >= 4 is 37.4 Å². The smallest absolute Gasteiger partial charge is 0.274 e. The zero-order valence-electron chi connectivity index (χ0n) is 20.3. The average Bonchev–Trinajstić information content (AvgIpc) is 3.25. The number of hydrogen-bond acceptors (Lipinski definition) is 6. The molecule has 0 aliphatic carbocycles. The number of methoxy groups -OCH3 is 1. The molecule has 0 saturated heterocycles. The first-order valence-corrected chi connectivity index (χ1v) is 12.8. The molecule has 1 amide bonds. The summed E-state index contributed by atoms with van der Waals surface area (Å²) in [6, 6.07) is 1.44. The van der Waals surface area contributed by atoms with Gasteiger partial charge >= 0.3 is 0 Å². The lowest BCUT2D eigenvalue weighted by atomic mass is 10.0. The van der Waals surface area contributed by atoms with E-state index in [-0.39, 0.29) is 27.9 Å². The Hall–Kier alpha value is -2.88. The summed E-state index contributed by atoms with van der Waals surface area (Å²) in [5.74, 6) is -1.11. The van der Waals surface area contributed by atoms with E-state index >= 15 is 4.39 Å². The van der Waals surface area contributed by atoms with Crippen LogP contribution in [0, 0.1) is 11.7 Å². The zero-order valence-corrected chi connectivity index (χ0v) is 21.1. The number of pyridine rings is 1. The number of ether oxygens (including phenoxy) is 1. The van der Waals surface area contributed by atoms with Crippen LogP contribution in [0.25, 0.3) is 15.8 Å². The summed E-state index contributed by atoms with van der Waals surface area (Å²) >= 11 is 0. The van der Waals surface area contributed by atoms with Crippen LogP contribution in [0.3, 0.4) is 0 Å². The van der Waals surface area contributed by atoms with Crippen molar-refractivity contribution in [1.82, 2.24) is 8.87 Å². The molecule has 0 spiro atoms. The number of rotatable bonds is 6. The van der Waals surface area contributed by atoms with E-state index in [9.17, 15) is 18.0 Å². The fourth-order valence-corrected chi connectivity index (χ4v) is 6.64. The Morgan fingerprint density at radius 2 is 1.91 bits per heavy atom. The van der Waals surface area contributed by atoms with E-state index in [1.807, 2.05) is 0 Å². The summed E-state index contributed by atoms with van der Waals surface area (Å²) in [4.78, 5) is 25.3. The third-order valence-electron chi connectivity index (χ3n) is 6.19. The molecule has 34 heavy (non-hydrogen) atoms. The minimum Gasteiger partial charge on any atom is -0.496 e. The SMILES string of the molecule is COc1c(C2=CC(=O)N(C(C)(C)C)S2(=O)=O)c(F)c2cc(NCCC(C)C)c(=O)n3c2c1CC3. The van der Waals surface area contributed by atoms with Crippen molar-refractivity contribution in [3.8, 4) is 5.75 Å². The minimum atomic E-state index is -4.32. The van der Waals surface area contributed by atoms with Crippen molar-refractivity contribution in [3.05, 3.63) is 39.4 Å². The van der Waals surface area contributed by atoms with Gasteiger partial charge < -0.3 is 14.6 Å². The second kappa shape index (κ2) is 8.11. The first-order valence-electron chi connectivity index (χ1n) is 11.3. The monoisotopic (exact) mass is 491 g/mol. The van der Waals surface area contributed by atoms with Crippen molar-refractivity contribution in [1.29, 1.82) is 0 Å². The number of halogens is 1. The van der Waals surface area contributed by atoms with E-state index in [1.165, 1.54) is 17.7 Å². The molecule has 2 aromatic rings. The highest BCUT2D eigenvalue weighted by molar-refractivity contribution is 7.99. The van der Waals surface area contributed by atoms with Crippen LogP contribution >= 0.6 is 0 Å². The minimum absolute atomic E-state index is 0.0366. The Morgan fingerprint density at radius 1 is 1.24 bits per heavy atom. The fourth-order valence-electron chi connectivity index (χ4n) is 4.74. The van der Waals surface area contributed by atoms with Crippen LogP contribution in [0.4, 0.5) is 10.1 Å². The summed E-state index contributed by atoms with van der Waals surface area (Å²) in [6.45, 7) is 9.79. The molecular weight excluding hydrogens is 461 g/mol. The van der Waals surface area contributed by atoms with Crippen LogP contribution in [-0.4, -0.2) is 42.4 Å². The van der Waals surface area contributed by atoms with Gasteiger partial charge in [-0.05, 0) is 45.6 Å². The van der Waals surface area contributed by atoms with Gasteiger partial charge in [0.15, 0.2) is 0 Å². The van der Waals surface area contributed by atoms with Gasteiger partial charge in [-0.25, -0.2) is 17.1 Å². The fraction of sp³-hybridized carbons (Fsp3) is 0.500. The summed E-state index contributed by atoms with van der Waals surface area (Å²) in [7, 11) is -2.99. The van der Waals surface area contributed by atoms with Crippen LogP contribution in [0.2, 0.25) is 0 Å². The molecule has 0 radical (unpaired) electrons. The van der Waals surface area contributed by atoms with Crippen molar-refractivity contribution in [2.45, 2.75) is 59.5 Å². The number of nitrogens with one attached hydrogen (secondary N) is 1. The van der Waals surface area contributed by atoms with Gasteiger partial charge in [0.05, 0.1) is 23.7 Å². The van der Waals surface area contributed by atoms with Crippen LogP contribution in [-0.2, 0) is 27.8 Å². The summed E-state index contributed by atoms with van der Waals surface area (Å²) in [5, 5.41) is 3.22. The topological polar surface area (TPSA) is 97.7 Å². The van der Waals surface area contributed by atoms with E-state index in [1.54, 1.807) is 20.8 Å². The predicted octanol–water partition coefficient (Wildman–Crippen LogP) is 3.47. The second-order valence-corrected chi connectivity index (χ2v) is 11.9. The molecule has 3 heterocycles. The van der Waals surface area contributed by atoms with Gasteiger partial charge in [-0.1, -0.05) is 13.8 Å². The molecule has 0 unspecified atom stereocenters. The maximum atomic E-state index is 16.2. The first kappa shape index (κ1) is 24.3. The number of aromatic nitrogens is 1. The highest BCUT2D eigenvalue weighted by atomic mass is 32.2. The molecular formula is C24H30FN3O5S. The van der Waals surface area contributed by atoms with Crippen LogP contribution < -0.4 is 15.6 Å². The molecule has 0 saturated carbocycles. The largest absolute Gasteiger partial charge is 0.496 e. The lowest BCUT2D eigenvalue weighted by Gasteiger charge is -2.30. The normalized spacial score (nSPS) is 17.1. The number of sulfonamides is 1. The Kier molecular flexibility index (Phi) is 5.78. The third kappa shape index (κ3) is 3.59. The molecule has 1 aromatic heterocycles. The molecule has 2 aliphatic rings. The van der Waals surface area contributed by atoms with Crippen molar-refractivity contribution in [3.63, 3.8) is 0 Å². The molecule has 0 bridgehead atoms. The Balaban J connectivity index is 1.98. The number of carbonyl (C=O) groups excluding carboxylic acids is 1. The van der Waals surface area contributed by atoms with Gasteiger partial charge in [0.2, 0.25) is 0 Å². The third-order valence-corrected chi connectivity index (χ3v) is 8.27. The van der Waals surface area contributed by atoms with E-state index in [0.717, 1.165) is 16.8 Å². The van der Waals surface area contributed by atoms with Crippen molar-refractivity contribution in [2.24, 2.45) is 5.92 Å². The summed E-state index contributed by atoms with van der Waals surface area (Å²) in [5.41, 5.74) is -0.354. The Bertz CT molecular complexity index is 1400. The number of nitrogens with zero attached hydrogens (tertiary/aromatic N) is 2. The summed E-state index contributed by atoms with van der Waals surface area (Å²) < 4.78 is 50.7. The Labute approximate surface area is 198 Å². The highest BCUT2D eigenvalue weighted by Crippen LogP contribution is 2.46. The molecule has 184 valence electrons. The van der Waals surface area contributed by atoms with Gasteiger partial charge in [-0.15, -0.1) is 0 Å². The highest BCUT2D eigenvalue weighted by Gasteiger charge is 2.46. The molecule has 0 fully saturated rings. The maximum Gasteiger partial charge on any atom is 0.274 e. The quantitative estimate of drug-likeness (QED) is 0.665. The number of carbonyl (C=O) groups is 1. The van der Waals surface area contributed by atoms with Gasteiger partial charge in [-0.3, -0.25) is 9.59 Å². The maximum absolute atomic E-state index is 16.2. The van der Waals surface area contributed by atoms with Crippen molar-refractivity contribution < 1.29 is 22.3 Å². The van der Waals surface area contributed by atoms with Crippen LogP contribution in [0.5, 0.6) is 5.75 Å². The van der Waals surface area contributed by atoms with Crippen molar-refractivity contribution in [2.75, 3.05) is 19.0 Å². The number of aryl methyl sites for hydroxylation is 2. The van der Waals surface area contributed by atoms with Gasteiger partial charge in [-0.2, -0.15) is 0 Å². The van der Waals surface area contributed by atoms with Gasteiger partial charge in [0.1, 0.15) is 22.2 Å². The van der Waals surface area contributed by atoms with E-state index < -0.39 is 32.2 Å². The van der Waals surface area contributed by atoms with E-state index in [0.29, 0.717) is 36.5 Å². The van der Waals surface area contributed by atoms with E-state index in [4.69, 9.17) is 4.74 Å². The molecule has 1 N–H and O–H groups in total. The second-order valence-electron chi connectivity index (χ2n) is 10.1. The number of hydrogen-bond donors (Lipinski definition) is 1. The van der Waals surface area contributed by atoms with Gasteiger partial charge in [0.25, 0.3) is 21.5 Å². The van der Waals surface area contributed by atoms with Gasteiger partial charge in [0, 0.05) is 30.1 Å². The molecule has 0 atom stereocenters. The molecule has 1 aromatic carbocycles. The standard InChI is InChI=1S/C24H30FN3O5S/c1-13(2)7-9-26-16-11-15-20(25)19(17-12-18(29)28(24(3,4)5)34(17,31)32)22(33-6)14-8-10-27(21(14)15)23(16)30/h11-13,26H,7-10H2,1-6H3. The predicted molar refractivity (Wildman–Crippen MR) is 130 cm³/mol. The number of anilines is 1. The van der Waals surface area contributed by atoms with Crippen LogP contribution in [0.15, 0.2) is 16.9 Å².